The van der Waals surface area contributed by atoms with Gasteiger partial charge in [0.15, 0.2) is 5.69 Å². The molecule has 33 heavy (non-hydrogen) atoms. The third-order valence-corrected chi connectivity index (χ3v) is 5.51. The van der Waals surface area contributed by atoms with Crippen LogP contribution in [0.3, 0.4) is 0 Å². The zero-order valence-electron chi connectivity index (χ0n) is 18.3. The lowest BCUT2D eigenvalue weighted by Gasteiger charge is -2.26. The van der Waals surface area contributed by atoms with Gasteiger partial charge in [0.25, 0.3) is 5.56 Å². The zero-order chi connectivity index (χ0) is 24.2. The van der Waals surface area contributed by atoms with Gasteiger partial charge in [-0.25, -0.2) is 9.67 Å². The number of carbonyl (C=O) groups is 1. The van der Waals surface area contributed by atoms with E-state index in [1.807, 2.05) is 44.3 Å². The van der Waals surface area contributed by atoms with Gasteiger partial charge in [-0.1, -0.05) is 59.9 Å². The number of aliphatic imine (C=N–C) groups is 1. The molecule has 1 atom stereocenters. The van der Waals surface area contributed by atoms with Crippen LogP contribution in [0.1, 0.15) is 24.6 Å². The molecule has 1 unspecified atom stereocenters. The molecule has 1 amide bonds. The van der Waals surface area contributed by atoms with Gasteiger partial charge in [0.05, 0.1) is 11.4 Å². The number of aromatic nitrogens is 2. The van der Waals surface area contributed by atoms with E-state index in [4.69, 9.17) is 39.5 Å². The molecule has 0 aliphatic rings. The molecule has 1 N–H and O–H groups in total. The quantitative estimate of drug-likeness (QED) is 0.281. The minimum atomic E-state index is -1.85. The number of hydrogen-bond donors (Lipinski definition) is 1. The molecule has 0 saturated carbocycles. The van der Waals surface area contributed by atoms with Crippen molar-refractivity contribution in [2.75, 3.05) is 0 Å². The standard InChI is InChI=1S/C23H23Cl3N4O3/c1-4-19(31)28-22(23(24,25)26)33-18-12-10-16(11-13-18)14-27-20-15(2)29(3)30(21(20)32)17-8-6-5-7-9-17/h5-14,22H,4H2,1-3H3,(H,28,31). The lowest BCUT2D eigenvalue weighted by molar-refractivity contribution is -0.123. The van der Waals surface area contributed by atoms with E-state index in [-0.39, 0.29) is 17.9 Å². The summed E-state index contributed by atoms with van der Waals surface area (Å²) in [5.74, 6) is 0.0803. The summed E-state index contributed by atoms with van der Waals surface area (Å²) in [6, 6.07) is 16.2. The molecule has 0 saturated heterocycles. The molecule has 174 valence electrons. The Labute approximate surface area is 206 Å². The molecule has 2 aromatic carbocycles. The van der Waals surface area contributed by atoms with E-state index in [2.05, 4.69) is 10.3 Å². The molecule has 0 radical (unpaired) electrons. The van der Waals surface area contributed by atoms with Gasteiger partial charge in [-0.3, -0.25) is 14.3 Å². The fourth-order valence-electron chi connectivity index (χ4n) is 3.04. The number of amides is 1. The van der Waals surface area contributed by atoms with Crippen LogP contribution >= 0.6 is 34.8 Å². The summed E-state index contributed by atoms with van der Waals surface area (Å²) in [5, 5.41) is 2.53. The Morgan fingerprint density at radius 2 is 1.79 bits per heavy atom. The zero-order valence-corrected chi connectivity index (χ0v) is 20.5. The first kappa shape index (κ1) is 24.9. The lowest BCUT2D eigenvalue weighted by atomic mass is 10.2. The fraction of sp³-hybridized carbons (Fsp3) is 0.261. The molecule has 0 aliphatic heterocycles. The van der Waals surface area contributed by atoms with Crippen LogP contribution in [0.15, 0.2) is 64.4 Å². The number of carbonyl (C=O) groups excluding carboxylic acids is 1. The van der Waals surface area contributed by atoms with Crippen molar-refractivity contribution < 1.29 is 9.53 Å². The molecule has 0 bridgehead atoms. The molecule has 3 rings (SSSR count). The van der Waals surface area contributed by atoms with Crippen LogP contribution in [0.5, 0.6) is 5.75 Å². The Morgan fingerprint density at radius 1 is 1.15 bits per heavy atom. The summed E-state index contributed by atoms with van der Waals surface area (Å²) in [4.78, 5) is 29.1. The van der Waals surface area contributed by atoms with Crippen molar-refractivity contribution in [1.29, 1.82) is 0 Å². The molecule has 7 nitrogen and oxygen atoms in total. The second kappa shape index (κ2) is 10.5. The normalized spacial score (nSPS) is 12.7. The maximum Gasteiger partial charge on any atom is 0.297 e. The van der Waals surface area contributed by atoms with Gasteiger partial charge in [-0.15, -0.1) is 0 Å². The third-order valence-electron chi connectivity index (χ3n) is 4.91. The first-order valence-corrected chi connectivity index (χ1v) is 11.3. The Kier molecular flexibility index (Phi) is 7.89. The summed E-state index contributed by atoms with van der Waals surface area (Å²) >= 11 is 17.8. The second-order valence-corrected chi connectivity index (χ2v) is 9.57. The Hall–Kier alpha value is -2.74. The van der Waals surface area contributed by atoms with Crippen LogP contribution in [0, 0.1) is 6.92 Å². The Balaban J connectivity index is 1.80. The molecule has 0 spiro atoms. The van der Waals surface area contributed by atoms with Crippen molar-refractivity contribution in [3.63, 3.8) is 0 Å². The summed E-state index contributed by atoms with van der Waals surface area (Å²) < 4.78 is 7.13. The number of nitrogens with one attached hydrogen (secondary N) is 1. The topological polar surface area (TPSA) is 77.6 Å². The predicted molar refractivity (Wildman–Crippen MR) is 133 cm³/mol. The molecule has 3 aromatic rings. The van der Waals surface area contributed by atoms with Gasteiger partial charge >= 0.3 is 0 Å². The number of benzene rings is 2. The van der Waals surface area contributed by atoms with E-state index in [0.29, 0.717) is 11.4 Å². The molecular formula is C23H23Cl3N4O3. The first-order valence-electron chi connectivity index (χ1n) is 10.1. The highest BCUT2D eigenvalue weighted by atomic mass is 35.6. The van der Waals surface area contributed by atoms with E-state index in [0.717, 1.165) is 16.9 Å². The average molecular weight is 510 g/mol. The van der Waals surface area contributed by atoms with Crippen LogP contribution in [0.4, 0.5) is 5.69 Å². The maximum atomic E-state index is 13.0. The van der Waals surface area contributed by atoms with E-state index < -0.39 is 10.0 Å². The Bertz CT molecular complexity index is 1200. The predicted octanol–water partition coefficient (Wildman–Crippen LogP) is 4.84. The van der Waals surface area contributed by atoms with Gasteiger partial charge in [-0.2, -0.15) is 0 Å². The van der Waals surface area contributed by atoms with Crippen molar-refractivity contribution >= 4 is 52.6 Å². The average Bonchev–Trinajstić information content (AvgIpc) is 3.00. The van der Waals surface area contributed by atoms with E-state index >= 15 is 0 Å². The minimum absolute atomic E-state index is 0.213. The second-order valence-electron chi connectivity index (χ2n) is 7.20. The highest BCUT2D eigenvalue weighted by Gasteiger charge is 2.35. The van der Waals surface area contributed by atoms with E-state index in [1.165, 1.54) is 0 Å². The van der Waals surface area contributed by atoms with Gasteiger partial charge < -0.3 is 10.1 Å². The number of ether oxygens (including phenoxy) is 1. The molecule has 0 aliphatic carbocycles. The summed E-state index contributed by atoms with van der Waals surface area (Å²) in [6.07, 6.45) is 0.660. The highest BCUT2D eigenvalue weighted by molar-refractivity contribution is 6.68. The number of rotatable bonds is 7. The number of nitrogens with zero attached hydrogens (tertiary/aromatic N) is 3. The first-order chi connectivity index (χ1) is 15.6. The Morgan fingerprint density at radius 3 is 2.36 bits per heavy atom. The third kappa shape index (κ3) is 5.99. The van der Waals surface area contributed by atoms with Crippen molar-refractivity contribution in [2.24, 2.45) is 12.0 Å². The molecule has 0 fully saturated rings. The molecule has 1 aromatic heterocycles. The maximum absolute atomic E-state index is 13.0. The lowest BCUT2D eigenvalue weighted by Crippen LogP contribution is -2.47. The molecular weight excluding hydrogens is 487 g/mol. The van der Waals surface area contributed by atoms with Gasteiger partial charge in [0.1, 0.15) is 5.75 Å². The van der Waals surface area contributed by atoms with Crippen molar-refractivity contribution in [1.82, 2.24) is 14.7 Å². The van der Waals surface area contributed by atoms with Gasteiger partial charge in [0, 0.05) is 19.7 Å². The summed E-state index contributed by atoms with van der Waals surface area (Å²) in [5.41, 5.74) is 2.36. The van der Waals surface area contributed by atoms with Crippen LogP contribution in [-0.4, -0.2) is 31.5 Å². The number of halogens is 3. The highest BCUT2D eigenvalue weighted by Crippen LogP contribution is 2.32. The summed E-state index contributed by atoms with van der Waals surface area (Å²) in [6.45, 7) is 3.52. The van der Waals surface area contributed by atoms with Crippen molar-refractivity contribution in [3.05, 3.63) is 76.2 Å². The van der Waals surface area contributed by atoms with Gasteiger partial charge in [-0.05, 0) is 48.9 Å². The van der Waals surface area contributed by atoms with E-state index in [9.17, 15) is 9.59 Å². The monoisotopic (exact) mass is 508 g/mol. The van der Waals surface area contributed by atoms with E-state index in [1.54, 1.807) is 46.8 Å². The molecule has 10 heteroatoms. The van der Waals surface area contributed by atoms with Crippen molar-refractivity contribution in [2.45, 2.75) is 30.3 Å². The molecule has 1 heterocycles. The van der Waals surface area contributed by atoms with Crippen LogP contribution in [-0.2, 0) is 11.8 Å². The number of alkyl halides is 3. The number of para-hydroxylation sites is 1. The number of hydrogen-bond acceptors (Lipinski definition) is 4. The SMILES string of the molecule is CCC(=O)NC(Oc1ccc(C=Nc2c(C)n(C)n(-c3ccccc3)c2=O)cc1)C(Cl)(Cl)Cl. The van der Waals surface area contributed by atoms with Crippen LogP contribution < -0.4 is 15.6 Å². The summed E-state index contributed by atoms with van der Waals surface area (Å²) in [7, 11) is 1.81. The largest absolute Gasteiger partial charge is 0.466 e. The van der Waals surface area contributed by atoms with Gasteiger partial charge in [0.2, 0.25) is 15.9 Å². The fourth-order valence-corrected chi connectivity index (χ4v) is 3.33. The van der Waals surface area contributed by atoms with Crippen molar-refractivity contribution in [3.8, 4) is 11.4 Å². The van der Waals surface area contributed by atoms with Crippen LogP contribution in [0.25, 0.3) is 5.69 Å². The van der Waals surface area contributed by atoms with Crippen LogP contribution in [0.2, 0.25) is 0 Å². The smallest absolute Gasteiger partial charge is 0.297 e. The minimum Gasteiger partial charge on any atom is -0.466 e.